The third-order valence-electron chi connectivity index (χ3n) is 7.53. The lowest BCUT2D eigenvalue weighted by molar-refractivity contribution is -0.461. The van der Waals surface area contributed by atoms with Gasteiger partial charge in [0.05, 0.1) is 7.11 Å². The van der Waals surface area contributed by atoms with Crippen LogP contribution in [0.25, 0.3) is 0 Å². The summed E-state index contributed by atoms with van der Waals surface area (Å²) in [7, 11) is 1.39. The van der Waals surface area contributed by atoms with E-state index in [1.807, 2.05) is 0 Å². The number of methoxy groups -OCH3 is 1. The van der Waals surface area contributed by atoms with Crippen LogP contribution in [0.4, 0.5) is 74.6 Å². The van der Waals surface area contributed by atoms with Gasteiger partial charge in [0.15, 0.2) is 0 Å². The van der Waals surface area contributed by atoms with Crippen molar-refractivity contribution in [3.05, 3.63) is 101 Å². The monoisotopic (exact) mass is 754 g/mol. The Morgan fingerprint density at radius 3 is 1.24 bits per heavy atom. The summed E-state index contributed by atoms with van der Waals surface area (Å²) in [5.41, 5.74) is 0.715. The van der Waals surface area contributed by atoms with E-state index in [4.69, 9.17) is 16.3 Å². The summed E-state index contributed by atoms with van der Waals surface area (Å²) in [6.07, 6.45) is -11.8. The molecule has 0 aliphatic rings. The second-order valence-electron chi connectivity index (χ2n) is 10.6. The van der Waals surface area contributed by atoms with Crippen LogP contribution in [-0.2, 0) is 11.3 Å². The molecule has 0 radical (unpaired) electrons. The van der Waals surface area contributed by atoms with E-state index in [0.717, 1.165) is 12.1 Å². The van der Waals surface area contributed by atoms with Crippen molar-refractivity contribution in [2.24, 2.45) is 0 Å². The van der Waals surface area contributed by atoms with Crippen LogP contribution in [0.1, 0.15) is 28.7 Å². The van der Waals surface area contributed by atoms with Crippen molar-refractivity contribution in [1.82, 2.24) is 0 Å². The standard InChI is InChI=1S/C30H20ClF17O/c1-49-21-13-11-20(12-14-21)23(31,18-5-3-2-4-6-18)19-9-7-17(8-10-19)15-16-22(32,33)24(34,35)25(36,37)26(38,39)27(40,41)28(42,43)29(44,45)30(46,47)48/h2-14H,15-16H2,1H3/t23-/m0/s1. The van der Waals surface area contributed by atoms with Gasteiger partial charge in [-0.05, 0) is 40.8 Å². The predicted molar refractivity (Wildman–Crippen MR) is 141 cm³/mol. The first-order valence-electron chi connectivity index (χ1n) is 13.3. The minimum Gasteiger partial charge on any atom is -0.497 e. The Hall–Kier alpha value is -3.44. The molecule has 0 fully saturated rings. The van der Waals surface area contributed by atoms with Crippen LogP contribution in [0.15, 0.2) is 78.9 Å². The van der Waals surface area contributed by atoms with Crippen LogP contribution in [-0.4, -0.2) is 54.7 Å². The molecule has 1 nitrogen and oxygen atoms in total. The number of alkyl halides is 18. The third kappa shape index (κ3) is 6.26. The van der Waals surface area contributed by atoms with Gasteiger partial charge in [-0.1, -0.05) is 66.7 Å². The van der Waals surface area contributed by atoms with E-state index in [-0.39, 0.29) is 5.56 Å². The van der Waals surface area contributed by atoms with Crippen molar-refractivity contribution >= 4 is 11.6 Å². The predicted octanol–water partition coefficient (Wildman–Crippen LogP) is 11.2. The molecule has 19 heteroatoms. The topological polar surface area (TPSA) is 9.23 Å². The van der Waals surface area contributed by atoms with Crippen molar-refractivity contribution in [1.29, 1.82) is 0 Å². The highest BCUT2D eigenvalue weighted by molar-refractivity contribution is 6.28. The van der Waals surface area contributed by atoms with Gasteiger partial charge in [-0.15, -0.1) is 11.6 Å². The Kier molecular flexibility index (Phi) is 10.4. The van der Waals surface area contributed by atoms with Gasteiger partial charge >= 0.3 is 47.6 Å². The van der Waals surface area contributed by atoms with E-state index >= 15 is 0 Å². The van der Waals surface area contributed by atoms with E-state index in [0.29, 0.717) is 16.9 Å². The molecule has 49 heavy (non-hydrogen) atoms. The zero-order valence-corrected chi connectivity index (χ0v) is 24.9. The van der Waals surface area contributed by atoms with Gasteiger partial charge < -0.3 is 4.74 Å². The highest BCUT2D eigenvalue weighted by Crippen LogP contribution is 2.64. The van der Waals surface area contributed by atoms with Crippen molar-refractivity contribution in [2.75, 3.05) is 7.11 Å². The molecule has 3 aromatic rings. The van der Waals surface area contributed by atoms with Crippen LogP contribution in [0.3, 0.4) is 0 Å². The van der Waals surface area contributed by atoms with Gasteiger partial charge in [-0.2, -0.15) is 74.6 Å². The maximum atomic E-state index is 14.4. The first-order valence-corrected chi connectivity index (χ1v) is 13.7. The molecule has 0 heterocycles. The molecule has 1 atom stereocenters. The number of benzene rings is 3. The molecule has 0 bridgehead atoms. The molecule has 3 aromatic carbocycles. The van der Waals surface area contributed by atoms with Gasteiger partial charge in [0.1, 0.15) is 10.6 Å². The van der Waals surface area contributed by atoms with Gasteiger partial charge in [-0.3, -0.25) is 0 Å². The Labute approximate surface area is 270 Å². The van der Waals surface area contributed by atoms with E-state index in [1.54, 1.807) is 54.6 Å². The van der Waals surface area contributed by atoms with Crippen molar-refractivity contribution in [3.63, 3.8) is 0 Å². The fourth-order valence-corrected chi connectivity index (χ4v) is 4.92. The number of halogens is 18. The molecule has 272 valence electrons. The van der Waals surface area contributed by atoms with Crippen LogP contribution in [0.2, 0.25) is 0 Å². The van der Waals surface area contributed by atoms with Crippen molar-refractivity contribution in [2.45, 2.75) is 65.3 Å². The zero-order valence-electron chi connectivity index (χ0n) is 24.1. The first kappa shape index (κ1) is 40.0. The fraction of sp³-hybridized carbons (Fsp3) is 0.400. The van der Waals surface area contributed by atoms with Crippen molar-refractivity contribution in [3.8, 4) is 5.75 Å². The Morgan fingerprint density at radius 1 is 0.469 bits per heavy atom. The molecule has 0 aliphatic heterocycles. The normalized spacial score (nSPS) is 15.6. The summed E-state index contributed by atoms with van der Waals surface area (Å²) in [6.45, 7) is 0. The SMILES string of the molecule is COc1ccc([C@](Cl)(c2ccccc2)c2ccc(CCC(F)(F)C(F)(F)C(F)(F)C(F)(F)C(F)(F)C(F)(F)C(F)(F)C(F)(F)F)cc2)cc1. The maximum Gasteiger partial charge on any atom is 0.460 e. The van der Waals surface area contributed by atoms with E-state index < -0.39 is 70.9 Å². The molecule has 0 N–H and O–H groups in total. The highest BCUT2D eigenvalue weighted by atomic mass is 35.5. The van der Waals surface area contributed by atoms with Crippen LogP contribution in [0.5, 0.6) is 5.75 Å². The molecule has 0 saturated heterocycles. The second kappa shape index (κ2) is 12.7. The molecule has 0 aliphatic carbocycles. The smallest absolute Gasteiger partial charge is 0.460 e. The van der Waals surface area contributed by atoms with E-state index in [9.17, 15) is 74.6 Å². The quantitative estimate of drug-likeness (QED) is 0.0959. The van der Waals surface area contributed by atoms with Crippen molar-refractivity contribution < 1.29 is 79.4 Å². The highest BCUT2D eigenvalue weighted by Gasteiger charge is 2.95. The van der Waals surface area contributed by atoms with Gasteiger partial charge in [-0.25, -0.2) is 0 Å². The average Bonchev–Trinajstić information content (AvgIpc) is 3.03. The summed E-state index contributed by atoms with van der Waals surface area (Å²) < 4.78 is 236. The molecule has 3 rings (SSSR count). The molecule has 0 saturated carbocycles. The summed E-state index contributed by atoms with van der Waals surface area (Å²) >= 11 is 7.05. The second-order valence-corrected chi connectivity index (χ2v) is 11.2. The first-order chi connectivity index (χ1) is 22.1. The largest absolute Gasteiger partial charge is 0.497 e. The van der Waals surface area contributed by atoms with Crippen LogP contribution >= 0.6 is 11.6 Å². The minimum atomic E-state index is -8.66. The summed E-state index contributed by atoms with van der Waals surface area (Å²) in [6, 6.07) is 18.6. The molecular formula is C30H20ClF17O. The maximum absolute atomic E-state index is 14.4. The van der Waals surface area contributed by atoms with E-state index in [1.165, 1.54) is 19.2 Å². The zero-order chi connectivity index (χ0) is 37.7. The van der Waals surface area contributed by atoms with Crippen LogP contribution < -0.4 is 4.74 Å². The van der Waals surface area contributed by atoms with Gasteiger partial charge in [0.2, 0.25) is 0 Å². The van der Waals surface area contributed by atoms with Gasteiger partial charge in [0, 0.05) is 6.42 Å². The Balaban J connectivity index is 1.93. The van der Waals surface area contributed by atoms with E-state index in [2.05, 4.69) is 0 Å². The molecular weight excluding hydrogens is 735 g/mol. The number of hydrogen-bond acceptors (Lipinski definition) is 1. The summed E-state index contributed by atoms with van der Waals surface area (Å²) in [5.74, 6) is -56.1. The number of ether oxygens (including phenoxy) is 1. The molecule has 0 unspecified atom stereocenters. The lowest BCUT2D eigenvalue weighted by Gasteiger charge is -2.42. The molecule has 0 amide bonds. The van der Waals surface area contributed by atoms with Gasteiger partial charge in [0.25, 0.3) is 0 Å². The molecule has 0 aromatic heterocycles. The number of rotatable bonds is 13. The minimum absolute atomic E-state index is 0.219. The van der Waals surface area contributed by atoms with Crippen LogP contribution in [0, 0.1) is 0 Å². The number of hydrogen-bond donors (Lipinski definition) is 0. The number of aryl methyl sites for hydroxylation is 1. The molecule has 0 spiro atoms. The lowest BCUT2D eigenvalue weighted by Crippen LogP contribution is -2.74. The fourth-order valence-electron chi connectivity index (χ4n) is 4.54. The lowest BCUT2D eigenvalue weighted by atomic mass is 9.83. The Bertz CT molecular complexity index is 1570. The Morgan fingerprint density at radius 2 is 0.837 bits per heavy atom. The summed E-state index contributed by atoms with van der Waals surface area (Å²) in [4.78, 5) is -1.51. The summed E-state index contributed by atoms with van der Waals surface area (Å²) in [5, 5.41) is 0. The third-order valence-corrected chi connectivity index (χ3v) is 8.18. The average molecular weight is 755 g/mol.